The maximum atomic E-state index is 13.6. The average molecular weight is 257 g/mol. The van der Waals surface area contributed by atoms with E-state index in [1.54, 1.807) is 35.9 Å². The van der Waals surface area contributed by atoms with Gasteiger partial charge in [0, 0.05) is 12.5 Å². The zero-order chi connectivity index (χ0) is 13.2. The number of hydrogen-bond donors (Lipinski definition) is 0. The Labute approximate surface area is 109 Å². The number of methoxy groups -OCH3 is 1. The van der Waals surface area contributed by atoms with Gasteiger partial charge in [-0.15, -0.1) is 5.10 Å². The molecule has 96 valence electrons. The number of rotatable bonds is 3. The van der Waals surface area contributed by atoms with Gasteiger partial charge in [0.15, 0.2) is 11.5 Å². The van der Waals surface area contributed by atoms with E-state index in [1.807, 2.05) is 12.1 Å². The molecule has 0 aliphatic rings. The summed E-state index contributed by atoms with van der Waals surface area (Å²) in [7, 11) is 1.58. The monoisotopic (exact) mass is 257 g/mol. The van der Waals surface area contributed by atoms with Crippen LogP contribution in [0.5, 0.6) is 5.88 Å². The van der Waals surface area contributed by atoms with E-state index in [2.05, 4.69) is 10.1 Å². The molecule has 0 saturated carbocycles. The van der Waals surface area contributed by atoms with Crippen LogP contribution in [0.3, 0.4) is 0 Å². The van der Waals surface area contributed by atoms with E-state index in [4.69, 9.17) is 4.74 Å². The second kappa shape index (κ2) is 4.68. The topological polar surface area (TPSA) is 39.4 Å². The van der Waals surface area contributed by atoms with Gasteiger partial charge in [0.05, 0.1) is 7.11 Å². The number of pyridine rings is 1. The Bertz CT molecular complexity index is 724. The predicted molar refractivity (Wildman–Crippen MR) is 68.7 cm³/mol. The summed E-state index contributed by atoms with van der Waals surface area (Å²) >= 11 is 0. The van der Waals surface area contributed by atoms with Gasteiger partial charge in [-0.25, -0.2) is 9.37 Å². The number of nitrogens with zero attached hydrogens (tertiary/aromatic N) is 3. The minimum Gasteiger partial charge on any atom is -0.481 e. The molecule has 0 saturated heterocycles. The lowest BCUT2D eigenvalue weighted by molar-refractivity contribution is 0.385. The molecule has 0 aliphatic heterocycles. The van der Waals surface area contributed by atoms with Crippen molar-refractivity contribution in [1.82, 2.24) is 14.6 Å². The molecule has 0 unspecified atom stereocenters. The van der Waals surface area contributed by atoms with Crippen LogP contribution in [-0.2, 0) is 6.42 Å². The second-order valence-corrected chi connectivity index (χ2v) is 4.13. The van der Waals surface area contributed by atoms with E-state index >= 15 is 0 Å². The smallest absolute Gasteiger partial charge is 0.216 e. The first kappa shape index (κ1) is 11.6. The first-order chi connectivity index (χ1) is 9.28. The first-order valence-electron chi connectivity index (χ1n) is 5.90. The molecule has 3 rings (SSSR count). The Balaban J connectivity index is 2.00. The summed E-state index contributed by atoms with van der Waals surface area (Å²) in [6.07, 6.45) is 0.359. The van der Waals surface area contributed by atoms with Crippen molar-refractivity contribution in [2.45, 2.75) is 6.42 Å². The normalized spacial score (nSPS) is 10.8. The summed E-state index contributed by atoms with van der Waals surface area (Å²) in [5, 5.41) is 4.33. The van der Waals surface area contributed by atoms with Crippen molar-refractivity contribution in [3.63, 3.8) is 0 Å². The van der Waals surface area contributed by atoms with E-state index in [-0.39, 0.29) is 5.82 Å². The molecule has 0 atom stereocenters. The molecule has 1 aromatic carbocycles. The largest absolute Gasteiger partial charge is 0.481 e. The molecule has 0 N–H and O–H groups in total. The standard InChI is InChI=1S/C14H12FN3O/c1-19-14-8-4-7-13-16-12(17-18(13)14)9-10-5-2-3-6-11(10)15/h2-8H,9H2,1H3. The van der Waals surface area contributed by atoms with Crippen LogP contribution in [0, 0.1) is 5.82 Å². The molecule has 0 aliphatic carbocycles. The van der Waals surface area contributed by atoms with Gasteiger partial charge < -0.3 is 4.74 Å². The minimum atomic E-state index is -0.242. The Morgan fingerprint density at radius 2 is 2.00 bits per heavy atom. The molecule has 0 radical (unpaired) electrons. The van der Waals surface area contributed by atoms with Crippen LogP contribution in [0.1, 0.15) is 11.4 Å². The number of fused-ring (bicyclic) bond motifs is 1. The van der Waals surface area contributed by atoms with Crippen LogP contribution in [-0.4, -0.2) is 21.7 Å². The van der Waals surface area contributed by atoms with Crippen molar-refractivity contribution >= 4 is 5.65 Å². The van der Waals surface area contributed by atoms with Gasteiger partial charge in [-0.1, -0.05) is 24.3 Å². The molecule has 0 bridgehead atoms. The maximum absolute atomic E-state index is 13.6. The van der Waals surface area contributed by atoms with Crippen molar-refractivity contribution in [2.75, 3.05) is 7.11 Å². The number of hydrogen-bond acceptors (Lipinski definition) is 3. The molecule has 3 aromatic rings. The van der Waals surface area contributed by atoms with Crippen LogP contribution in [0.15, 0.2) is 42.5 Å². The molecular weight excluding hydrogens is 245 g/mol. The summed E-state index contributed by atoms with van der Waals surface area (Å²) in [6.45, 7) is 0. The van der Waals surface area contributed by atoms with E-state index in [1.165, 1.54) is 6.07 Å². The number of benzene rings is 1. The number of ether oxygens (including phenoxy) is 1. The number of halogens is 1. The first-order valence-corrected chi connectivity index (χ1v) is 5.90. The Kier molecular flexibility index (Phi) is 2.87. The quantitative estimate of drug-likeness (QED) is 0.723. The van der Waals surface area contributed by atoms with Gasteiger partial charge in [0.2, 0.25) is 5.88 Å². The van der Waals surface area contributed by atoms with Gasteiger partial charge >= 0.3 is 0 Å². The zero-order valence-corrected chi connectivity index (χ0v) is 10.4. The van der Waals surface area contributed by atoms with E-state index < -0.39 is 0 Å². The third-order valence-corrected chi connectivity index (χ3v) is 2.88. The molecule has 5 heteroatoms. The van der Waals surface area contributed by atoms with Crippen LogP contribution < -0.4 is 4.74 Å². The van der Waals surface area contributed by atoms with Gasteiger partial charge in [0.25, 0.3) is 0 Å². The van der Waals surface area contributed by atoms with Crippen molar-refractivity contribution in [2.24, 2.45) is 0 Å². The summed E-state index contributed by atoms with van der Waals surface area (Å²) in [6, 6.07) is 12.1. The van der Waals surface area contributed by atoms with Crippen LogP contribution in [0.2, 0.25) is 0 Å². The SMILES string of the molecule is COc1cccc2nc(Cc3ccccc3F)nn12. The highest BCUT2D eigenvalue weighted by molar-refractivity contribution is 5.41. The average Bonchev–Trinajstić information content (AvgIpc) is 2.83. The van der Waals surface area contributed by atoms with E-state index in [0.717, 1.165) is 0 Å². The predicted octanol–water partition coefficient (Wildman–Crippen LogP) is 2.47. The third kappa shape index (κ3) is 2.14. The van der Waals surface area contributed by atoms with Gasteiger partial charge in [-0.2, -0.15) is 4.52 Å². The van der Waals surface area contributed by atoms with Crippen LogP contribution in [0.25, 0.3) is 5.65 Å². The molecule has 2 aromatic heterocycles. The molecule has 0 amide bonds. The Morgan fingerprint density at radius 1 is 1.16 bits per heavy atom. The molecule has 0 spiro atoms. The van der Waals surface area contributed by atoms with Crippen molar-refractivity contribution in [3.05, 3.63) is 59.7 Å². The third-order valence-electron chi connectivity index (χ3n) is 2.88. The Hall–Kier alpha value is -2.43. The minimum absolute atomic E-state index is 0.242. The van der Waals surface area contributed by atoms with Crippen LogP contribution in [0.4, 0.5) is 4.39 Å². The fraction of sp³-hybridized carbons (Fsp3) is 0.143. The summed E-state index contributed by atoms with van der Waals surface area (Å²) in [4.78, 5) is 4.36. The van der Waals surface area contributed by atoms with E-state index in [9.17, 15) is 4.39 Å². The fourth-order valence-corrected chi connectivity index (χ4v) is 1.97. The van der Waals surface area contributed by atoms with Crippen molar-refractivity contribution < 1.29 is 9.13 Å². The fourth-order valence-electron chi connectivity index (χ4n) is 1.97. The highest BCUT2D eigenvalue weighted by Gasteiger charge is 2.09. The molecule has 19 heavy (non-hydrogen) atoms. The summed E-state index contributed by atoms with van der Waals surface area (Å²) < 4.78 is 20.4. The van der Waals surface area contributed by atoms with Gasteiger partial charge in [0.1, 0.15) is 5.82 Å². The highest BCUT2D eigenvalue weighted by atomic mass is 19.1. The zero-order valence-electron chi connectivity index (χ0n) is 10.4. The lowest BCUT2D eigenvalue weighted by Crippen LogP contribution is -1.97. The van der Waals surface area contributed by atoms with Crippen molar-refractivity contribution in [3.8, 4) is 5.88 Å². The van der Waals surface area contributed by atoms with Gasteiger partial charge in [-0.05, 0) is 17.7 Å². The molecular formula is C14H12FN3O. The van der Waals surface area contributed by atoms with Crippen LogP contribution >= 0.6 is 0 Å². The van der Waals surface area contributed by atoms with E-state index in [0.29, 0.717) is 29.3 Å². The Morgan fingerprint density at radius 3 is 2.79 bits per heavy atom. The second-order valence-electron chi connectivity index (χ2n) is 4.13. The lowest BCUT2D eigenvalue weighted by atomic mass is 10.1. The number of aromatic nitrogens is 3. The summed E-state index contributed by atoms with van der Waals surface area (Å²) in [5.41, 5.74) is 1.27. The van der Waals surface area contributed by atoms with Crippen molar-refractivity contribution in [1.29, 1.82) is 0 Å². The van der Waals surface area contributed by atoms with Gasteiger partial charge in [-0.3, -0.25) is 0 Å². The molecule has 4 nitrogen and oxygen atoms in total. The molecule has 0 fully saturated rings. The summed E-state index contributed by atoms with van der Waals surface area (Å²) in [5.74, 6) is 0.924. The molecule has 2 heterocycles. The maximum Gasteiger partial charge on any atom is 0.216 e. The lowest BCUT2D eigenvalue weighted by Gasteiger charge is -2.00. The highest BCUT2D eigenvalue weighted by Crippen LogP contribution is 2.15.